The lowest BCUT2D eigenvalue weighted by molar-refractivity contribution is -0.137. The monoisotopic (exact) mass is 323 g/mol. The molecule has 122 valence electrons. The average molecular weight is 323 g/mol. The van der Waals surface area contributed by atoms with Crippen molar-refractivity contribution >= 4 is 5.91 Å². The van der Waals surface area contributed by atoms with Gasteiger partial charge in [-0.05, 0) is 23.3 Å². The molecule has 0 saturated carbocycles. The highest BCUT2D eigenvalue weighted by atomic mass is 19.4. The van der Waals surface area contributed by atoms with Crippen LogP contribution in [-0.2, 0) is 17.5 Å². The van der Waals surface area contributed by atoms with Gasteiger partial charge >= 0.3 is 6.18 Å². The van der Waals surface area contributed by atoms with Crippen LogP contribution in [0.25, 0.3) is 0 Å². The van der Waals surface area contributed by atoms with E-state index in [-0.39, 0.29) is 18.9 Å². The first-order chi connectivity index (χ1) is 10.9. The van der Waals surface area contributed by atoms with Gasteiger partial charge in [0.1, 0.15) is 0 Å². The molecule has 1 amide bonds. The van der Waals surface area contributed by atoms with Gasteiger partial charge in [-0.15, -0.1) is 0 Å². The van der Waals surface area contributed by atoms with E-state index in [1.165, 1.54) is 12.1 Å². The molecule has 2 aromatic carbocycles. The number of alkyl halides is 3. The minimum Gasteiger partial charge on any atom is -0.388 e. The highest BCUT2D eigenvalue weighted by Gasteiger charge is 2.29. The van der Waals surface area contributed by atoms with E-state index in [1.807, 2.05) is 0 Å². The van der Waals surface area contributed by atoms with Gasteiger partial charge in [-0.25, -0.2) is 0 Å². The van der Waals surface area contributed by atoms with E-state index >= 15 is 0 Å². The van der Waals surface area contributed by atoms with Crippen LogP contribution in [0, 0.1) is 0 Å². The molecule has 6 heteroatoms. The number of benzene rings is 2. The molecule has 0 radical (unpaired) electrons. The predicted molar refractivity (Wildman–Crippen MR) is 79.3 cm³/mol. The van der Waals surface area contributed by atoms with Crippen molar-refractivity contribution < 1.29 is 23.1 Å². The van der Waals surface area contributed by atoms with E-state index in [0.29, 0.717) is 11.1 Å². The third kappa shape index (κ3) is 5.10. The molecule has 0 aromatic heterocycles. The Labute approximate surface area is 131 Å². The van der Waals surface area contributed by atoms with Crippen molar-refractivity contribution in [1.29, 1.82) is 0 Å². The van der Waals surface area contributed by atoms with Crippen molar-refractivity contribution in [3.63, 3.8) is 0 Å². The normalized spacial score (nSPS) is 12.7. The Kier molecular flexibility index (Phi) is 5.39. The van der Waals surface area contributed by atoms with Crippen molar-refractivity contribution in [3.05, 3.63) is 71.3 Å². The van der Waals surface area contributed by atoms with Crippen molar-refractivity contribution in [1.82, 2.24) is 5.32 Å². The molecule has 0 aliphatic rings. The summed E-state index contributed by atoms with van der Waals surface area (Å²) in [6.07, 6.45) is -5.39. The number of carbonyl (C=O) groups is 1. The number of hydrogen-bond donors (Lipinski definition) is 2. The number of amides is 1. The van der Waals surface area contributed by atoms with Crippen LogP contribution in [0.1, 0.15) is 29.2 Å². The molecule has 2 N–H and O–H groups in total. The first-order valence-electron chi connectivity index (χ1n) is 7.02. The number of aliphatic hydroxyl groups excluding tert-OH is 1. The highest BCUT2D eigenvalue weighted by molar-refractivity contribution is 5.76. The maximum absolute atomic E-state index is 12.4. The molecule has 0 bridgehead atoms. The van der Waals surface area contributed by atoms with E-state index in [0.717, 1.165) is 12.1 Å². The molecule has 0 aliphatic carbocycles. The van der Waals surface area contributed by atoms with Crippen LogP contribution in [-0.4, -0.2) is 11.0 Å². The van der Waals surface area contributed by atoms with Gasteiger partial charge in [0.15, 0.2) is 0 Å². The Morgan fingerprint density at radius 1 is 1.04 bits per heavy atom. The summed E-state index contributed by atoms with van der Waals surface area (Å²) in [5.41, 5.74) is 0.463. The fourth-order valence-electron chi connectivity index (χ4n) is 2.05. The summed E-state index contributed by atoms with van der Waals surface area (Å²) in [6, 6.07) is 13.3. The molecule has 2 rings (SSSR count). The zero-order chi connectivity index (χ0) is 16.9. The molecule has 0 heterocycles. The Balaban J connectivity index is 1.85. The fourth-order valence-corrected chi connectivity index (χ4v) is 2.05. The lowest BCUT2D eigenvalue weighted by atomic mass is 10.1. The summed E-state index contributed by atoms with van der Waals surface area (Å²) in [5.74, 6) is -0.374. The minimum absolute atomic E-state index is 0.106. The van der Waals surface area contributed by atoms with Gasteiger partial charge in [0, 0.05) is 6.54 Å². The lowest BCUT2D eigenvalue weighted by Gasteiger charge is -2.12. The van der Waals surface area contributed by atoms with Crippen LogP contribution in [0.2, 0.25) is 0 Å². The van der Waals surface area contributed by atoms with Gasteiger partial charge < -0.3 is 10.4 Å². The molecular formula is C17H16F3NO2. The summed E-state index contributed by atoms with van der Waals surface area (Å²) < 4.78 is 37.3. The highest BCUT2D eigenvalue weighted by Crippen LogP contribution is 2.29. The van der Waals surface area contributed by atoms with Crippen molar-refractivity contribution in [3.8, 4) is 0 Å². The Morgan fingerprint density at radius 3 is 2.22 bits per heavy atom. The summed E-state index contributed by atoms with van der Waals surface area (Å²) >= 11 is 0. The van der Waals surface area contributed by atoms with E-state index in [1.54, 1.807) is 30.3 Å². The maximum Gasteiger partial charge on any atom is 0.416 e. The van der Waals surface area contributed by atoms with Gasteiger partial charge in [0.25, 0.3) is 0 Å². The van der Waals surface area contributed by atoms with Crippen molar-refractivity contribution in [2.24, 2.45) is 0 Å². The number of nitrogens with one attached hydrogen (secondary N) is 1. The Morgan fingerprint density at radius 2 is 1.65 bits per heavy atom. The minimum atomic E-state index is -4.37. The van der Waals surface area contributed by atoms with Gasteiger partial charge in [0.05, 0.1) is 18.1 Å². The quantitative estimate of drug-likeness (QED) is 0.885. The first-order valence-corrected chi connectivity index (χ1v) is 7.02. The second-order valence-electron chi connectivity index (χ2n) is 5.10. The molecule has 0 saturated heterocycles. The molecule has 0 spiro atoms. The predicted octanol–water partition coefficient (Wildman–Crippen LogP) is 3.45. The van der Waals surface area contributed by atoms with Gasteiger partial charge in [-0.2, -0.15) is 13.2 Å². The smallest absolute Gasteiger partial charge is 0.388 e. The molecule has 1 atom stereocenters. The standard InChI is InChI=1S/C17H16F3NO2/c18-17(19,20)14-8-6-12(7-9-14)11-21-16(23)10-15(22)13-4-2-1-3-5-13/h1-9,15,22H,10-11H2,(H,21,23). The average Bonchev–Trinajstić information content (AvgIpc) is 2.53. The lowest BCUT2D eigenvalue weighted by Crippen LogP contribution is -2.24. The van der Waals surface area contributed by atoms with Crippen LogP contribution in [0.5, 0.6) is 0 Å². The number of hydrogen-bond acceptors (Lipinski definition) is 2. The Bertz CT molecular complexity index is 639. The molecule has 3 nitrogen and oxygen atoms in total. The molecular weight excluding hydrogens is 307 g/mol. The third-order valence-electron chi connectivity index (χ3n) is 3.33. The largest absolute Gasteiger partial charge is 0.416 e. The fraction of sp³-hybridized carbons (Fsp3) is 0.235. The number of aliphatic hydroxyl groups is 1. The van der Waals surface area contributed by atoms with Gasteiger partial charge in [0.2, 0.25) is 5.91 Å². The number of carbonyl (C=O) groups excluding carboxylic acids is 1. The van der Waals surface area contributed by atoms with Crippen LogP contribution in [0.4, 0.5) is 13.2 Å². The number of halogens is 3. The Hall–Kier alpha value is -2.34. The van der Waals surface area contributed by atoms with Crippen LogP contribution in [0.3, 0.4) is 0 Å². The maximum atomic E-state index is 12.4. The summed E-state index contributed by atoms with van der Waals surface area (Å²) in [5, 5.41) is 12.5. The first kappa shape index (κ1) is 17.0. The SMILES string of the molecule is O=C(CC(O)c1ccccc1)NCc1ccc(C(F)(F)F)cc1. The van der Waals surface area contributed by atoms with E-state index in [4.69, 9.17) is 0 Å². The second kappa shape index (κ2) is 7.28. The molecule has 0 fully saturated rings. The van der Waals surface area contributed by atoms with Crippen LogP contribution >= 0.6 is 0 Å². The van der Waals surface area contributed by atoms with Crippen LogP contribution in [0.15, 0.2) is 54.6 Å². The van der Waals surface area contributed by atoms with Crippen molar-refractivity contribution in [2.45, 2.75) is 25.2 Å². The van der Waals surface area contributed by atoms with Crippen LogP contribution < -0.4 is 5.32 Å². The molecule has 23 heavy (non-hydrogen) atoms. The molecule has 2 aromatic rings. The van der Waals surface area contributed by atoms with E-state index < -0.39 is 17.8 Å². The summed E-state index contributed by atoms with van der Waals surface area (Å²) in [6.45, 7) is 0.110. The van der Waals surface area contributed by atoms with E-state index in [9.17, 15) is 23.1 Å². The number of rotatable bonds is 5. The van der Waals surface area contributed by atoms with Gasteiger partial charge in [-0.3, -0.25) is 4.79 Å². The topological polar surface area (TPSA) is 49.3 Å². The molecule has 0 aliphatic heterocycles. The summed E-state index contributed by atoms with van der Waals surface area (Å²) in [7, 11) is 0. The zero-order valence-corrected chi connectivity index (χ0v) is 12.2. The third-order valence-corrected chi connectivity index (χ3v) is 3.33. The summed E-state index contributed by atoms with van der Waals surface area (Å²) in [4.78, 5) is 11.8. The van der Waals surface area contributed by atoms with Gasteiger partial charge in [-0.1, -0.05) is 42.5 Å². The molecule has 1 unspecified atom stereocenters. The zero-order valence-electron chi connectivity index (χ0n) is 12.2. The second-order valence-corrected chi connectivity index (χ2v) is 5.10. The van der Waals surface area contributed by atoms with Crippen molar-refractivity contribution in [2.75, 3.05) is 0 Å². The van der Waals surface area contributed by atoms with E-state index in [2.05, 4.69) is 5.32 Å².